The number of halogens is 4. The third-order valence-corrected chi connectivity index (χ3v) is 4.54. The molecule has 2 rings (SSSR count). The van der Waals surface area contributed by atoms with Gasteiger partial charge in [-0.1, -0.05) is 31.9 Å². The number of alkyl halides is 3. The Morgan fingerprint density at radius 2 is 1.86 bits per heavy atom. The summed E-state index contributed by atoms with van der Waals surface area (Å²) in [6.45, 7) is 7.54. The van der Waals surface area contributed by atoms with Gasteiger partial charge in [-0.25, -0.2) is 0 Å². The topological polar surface area (TPSA) is 15.3 Å². The first-order valence-corrected chi connectivity index (χ1v) is 8.03. The molecular weight excluding hydrogens is 313 g/mol. The van der Waals surface area contributed by atoms with Crippen molar-refractivity contribution in [3.63, 3.8) is 0 Å². The van der Waals surface area contributed by atoms with E-state index < -0.39 is 11.7 Å². The van der Waals surface area contributed by atoms with E-state index >= 15 is 0 Å². The summed E-state index contributed by atoms with van der Waals surface area (Å²) in [7, 11) is 0. The number of nitrogens with one attached hydrogen (secondary N) is 1. The lowest BCUT2D eigenvalue weighted by Gasteiger charge is -2.38. The average Bonchev–Trinajstić information content (AvgIpc) is 2.47. The van der Waals surface area contributed by atoms with Gasteiger partial charge in [0.05, 0.1) is 5.56 Å². The van der Waals surface area contributed by atoms with Gasteiger partial charge in [-0.15, -0.1) is 0 Å². The predicted octanol–water partition coefficient (Wildman–Crippen LogP) is 4.35. The van der Waals surface area contributed by atoms with Crippen LogP contribution < -0.4 is 5.32 Å². The van der Waals surface area contributed by atoms with Gasteiger partial charge in [0.1, 0.15) is 0 Å². The van der Waals surface area contributed by atoms with Crippen LogP contribution in [0, 0.1) is 5.92 Å². The standard InChI is InChI=1S/C16H22ClF3N2/c1-3-11(2)15(22-6-4-21-5-7-22)12-8-13(16(18,19)20)10-14(17)9-12/h8-11,15,21H,3-7H2,1-2H3/t11?,15-/m0/s1. The molecule has 0 aliphatic carbocycles. The summed E-state index contributed by atoms with van der Waals surface area (Å²) in [6.07, 6.45) is -3.47. The van der Waals surface area contributed by atoms with Crippen LogP contribution >= 0.6 is 11.6 Å². The summed E-state index contributed by atoms with van der Waals surface area (Å²) >= 11 is 5.96. The number of hydrogen-bond acceptors (Lipinski definition) is 2. The number of benzene rings is 1. The number of hydrogen-bond donors (Lipinski definition) is 1. The number of piperazine rings is 1. The first-order chi connectivity index (χ1) is 10.3. The Hall–Kier alpha value is -0.780. The molecule has 1 aliphatic rings. The van der Waals surface area contributed by atoms with Gasteiger partial charge in [0.25, 0.3) is 0 Å². The fraction of sp³-hybridized carbons (Fsp3) is 0.625. The van der Waals surface area contributed by atoms with Crippen molar-refractivity contribution < 1.29 is 13.2 Å². The van der Waals surface area contributed by atoms with E-state index in [1.165, 1.54) is 6.07 Å². The van der Waals surface area contributed by atoms with Crippen LogP contribution in [0.5, 0.6) is 0 Å². The zero-order chi connectivity index (χ0) is 16.3. The Morgan fingerprint density at radius 1 is 1.23 bits per heavy atom. The van der Waals surface area contributed by atoms with Gasteiger partial charge in [-0.05, 0) is 29.7 Å². The van der Waals surface area contributed by atoms with Crippen LogP contribution in [0.25, 0.3) is 0 Å². The largest absolute Gasteiger partial charge is 0.416 e. The zero-order valence-corrected chi connectivity index (χ0v) is 13.6. The van der Waals surface area contributed by atoms with E-state index in [0.717, 1.165) is 38.7 Å². The van der Waals surface area contributed by atoms with E-state index in [0.29, 0.717) is 5.56 Å². The molecule has 0 spiro atoms. The molecule has 1 unspecified atom stereocenters. The Bertz CT molecular complexity index is 499. The summed E-state index contributed by atoms with van der Waals surface area (Å²) in [4.78, 5) is 2.26. The van der Waals surface area contributed by atoms with E-state index in [4.69, 9.17) is 11.6 Å². The Morgan fingerprint density at radius 3 is 2.41 bits per heavy atom. The Kier molecular flexibility index (Phi) is 5.75. The fourth-order valence-electron chi connectivity index (χ4n) is 3.03. The molecule has 1 saturated heterocycles. The zero-order valence-electron chi connectivity index (χ0n) is 12.9. The average molecular weight is 335 g/mol. The molecule has 1 heterocycles. The highest BCUT2D eigenvalue weighted by Crippen LogP contribution is 2.37. The highest BCUT2D eigenvalue weighted by Gasteiger charge is 2.33. The van der Waals surface area contributed by atoms with Gasteiger partial charge >= 0.3 is 6.18 Å². The summed E-state index contributed by atoms with van der Waals surface area (Å²) in [6, 6.07) is 3.89. The molecule has 2 nitrogen and oxygen atoms in total. The first-order valence-electron chi connectivity index (χ1n) is 7.65. The third kappa shape index (κ3) is 4.15. The second kappa shape index (κ2) is 7.20. The summed E-state index contributed by atoms with van der Waals surface area (Å²) in [5, 5.41) is 3.42. The van der Waals surface area contributed by atoms with Gasteiger partial charge in [-0.2, -0.15) is 13.2 Å². The van der Waals surface area contributed by atoms with E-state index in [-0.39, 0.29) is 17.0 Å². The van der Waals surface area contributed by atoms with Crippen LogP contribution in [0.3, 0.4) is 0 Å². The Balaban J connectivity index is 2.40. The third-order valence-electron chi connectivity index (χ3n) is 4.32. The van der Waals surface area contributed by atoms with Crippen molar-refractivity contribution in [2.45, 2.75) is 32.5 Å². The van der Waals surface area contributed by atoms with Crippen molar-refractivity contribution in [2.75, 3.05) is 26.2 Å². The predicted molar refractivity (Wildman–Crippen MR) is 83.1 cm³/mol. The lowest BCUT2D eigenvalue weighted by molar-refractivity contribution is -0.137. The first kappa shape index (κ1) is 17.6. The summed E-state index contributed by atoms with van der Waals surface area (Å²) in [5.41, 5.74) is -0.00508. The number of nitrogens with zero attached hydrogens (tertiary/aromatic N) is 1. The van der Waals surface area contributed by atoms with E-state index in [9.17, 15) is 13.2 Å². The van der Waals surface area contributed by atoms with Gasteiger partial charge in [0, 0.05) is 37.2 Å². The summed E-state index contributed by atoms with van der Waals surface area (Å²) < 4.78 is 39.2. The van der Waals surface area contributed by atoms with Crippen LogP contribution in [0.1, 0.15) is 37.4 Å². The highest BCUT2D eigenvalue weighted by molar-refractivity contribution is 6.30. The molecule has 2 atom stereocenters. The molecule has 1 aromatic carbocycles. The van der Waals surface area contributed by atoms with Crippen molar-refractivity contribution in [1.29, 1.82) is 0 Å². The van der Waals surface area contributed by atoms with Gasteiger partial charge in [0.2, 0.25) is 0 Å². The molecule has 0 radical (unpaired) electrons. The molecule has 0 amide bonds. The SMILES string of the molecule is CCC(C)[C@@H](c1cc(Cl)cc(C(F)(F)F)c1)N1CCNCC1. The molecule has 6 heteroatoms. The lowest BCUT2D eigenvalue weighted by Crippen LogP contribution is -2.46. The van der Waals surface area contributed by atoms with Crippen LogP contribution in [0.15, 0.2) is 18.2 Å². The minimum atomic E-state index is -4.37. The van der Waals surface area contributed by atoms with E-state index in [1.54, 1.807) is 6.07 Å². The van der Waals surface area contributed by atoms with E-state index in [1.807, 2.05) is 0 Å². The second-order valence-corrected chi connectivity index (χ2v) is 6.32. The molecule has 0 aromatic heterocycles. The maximum Gasteiger partial charge on any atom is 0.416 e. The maximum atomic E-state index is 13.1. The van der Waals surface area contributed by atoms with Gasteiger partial charge in [0.15, 0.2) is 0 Å². The minimum absolute atomic E-state index is 0.0353. The fourth-order valence-corrected chi connectivity index (χ4v) is 3.27. The van der Waals surface area contributed by atoms with Crippen molar-refractivity contribution in [3.8, 4) is 0 Å². The molecule has 1 aromatic rings. The normalized spacial score (nSPS) is 19.9. The smallest absolute Gasteiger partial charge is 0.314 e. The van der Waals surface area contributed by atoms with Crippen molar-refractivity contribution in [3.05, 3.63) is 34.3 Å². The van der Waals surface area contributed by atoms with Gasteiger partial charge < -0.3 is 5.32 Å². The molecule has 22 heavy (non-hydrogen) atoms. The van der Waals surface area contributed by atoms with Crippen molar-refractivity contribution in [1.82, 2.24) is 10.2 Å². The lowest BCUT2D eigenvalue weighted by atomic mass is 9.89. The van der Waals surface area contributed by atoms with Gasteiger partial charge in [-0.3, -0.25) is 4.90 Å². The number of rotatable bonds is 4. The highest BCUT2D eigenvalue weighted by atomic mass is 35.5. The monoisotopic (exact) mass is 334 g/mol. The molecule has 0 saturated carbocycles. The van der Waals surface area contributed by atoms with Crippen LogP contribution in [0.2, 0.25) is 5.02 Å². The molecule has 1 aliphatic heterocycles. The molecule has 1 N–H and O–H groups in total. The van der Waals surface area contributed by atoms with Crippen LogP contribution in [0.4, 0.5) is 13.2 Å². The summed E-state index contributed by atoms with van der Waals surface area (Å²) in [5.74, 6) is 0.262. The molecule has 124 valence electrons. The second-order valence-electron chi connectivity index (χ2n) is 5.89. The maximum absolute atomic E-state index is 13.1. The van der Waals surface area contributed by atoms with Crippen molar-refractivity contribution in [2.24, 2.45) is 5.92 Å². The molecule has 0 bridgehead atoms. The van der Waals surface area contributed by atoms with Crippen LogP contribution in [-0.2, 0) is 6.18 Å². The Labute approximate surface area is 134 Å². The van der Waals surface area contributed by atoms with Crippen LogP contribution in [-0.4, -0.2) is 31.1 Å². The quantitative estimate of drug-likeness (QED) is 0.880. The minimum Gasteiger partial charge on any atom is -0.314 e. The molecular formula is C16H22ClF3N2. The molecule has 1 fully saturated rings. The van der Waals surface area contributed by atoms with Crippen molar-refractivity contribution >= 4 is 11.6 Å². The van der Waals surface area contributed by atoms with E-state index in [2.05, 4.69) is 24.1 Å².